The number of aromatic nitrogens is 7. The number of hydrogen-bond acceptors (Lipinski definition) is 6. The van der Waals surface area contributed by atoms with Crippen LogP contribution in [0.3, 0.4) is 0 Å². The van der Waals surface area contributed by atoms with Gasteiger partial charge in [-0.2, -0.15) is 10.2 Å². The molecular formula is C17H22N8. The fraction of sp³-hybridized carbons (Fsp3) is 0.471. The van der Waals surface area contributed by atoms with E-state index in [0.29, 0.717) is 5.82 Å². The number of fused-ring (bicyclic) bond motifs is 1. The van der Waals surface area contributed by atoms with Gasteiger partial charge in [0.1, 0.15) is 11.6 Å². The third kappa shape index (κ3) is 2.99. The van der Waals surface area contributed by atoms with Crippen LogP contribution in [0.15, 0.2) is 18.5 Å². The normalized spacial score (nSPS) is 16.7. The highest BCUT2D eigenvalue weighted by Gasteiger charge is 2.24. The molecule has 1 unspecified atom stereocenters. The average Bonchev–Trinajstić information content (AvgIpc) is 3.18. The SMILES string of the molecule is CCc1nc2n(n1)CCCC2Nc1cncc(-n2nc(C)cc2C)n1. The molecule has 0 bridgehead atoms. The fourth-order valence-corrected chi connectivity index (χ4v) is 3.25. The van der Waals surface area contributed by atoms with E-state index in [2.05, 4.69) is 37.4 Å². The van der Waals surface area contributed by atoms with Crippen LogP contribution < -0.4 is 5.32 Å². The number of rotatable bonds is 4. The molecule has 130 valence electrons. The van der Waals surface area contributed by atoms with Crippen molar-refractivity contribution in [3.05, 3.63) is 41.5 Å². The molecule has 8 heteroatoms. The lowest BCUT2D eigenvalue weighted by Crippen LogP contribution is -2.23. The van der Waals surface area contributed by atoms with E-state index in [-0.39, 0.29) is 6.04 Å². The summed E-state index contributed by atoms with van der Waals surface area (Å²) >= 11 is 0. The summed E-state index contributed by atoms with van der Waals surface area (Å²) in [5, 5.41) is 12.5. The zero-order chi connectivity index (χ0) is 17.4. The van der Waals surface area contributed by atoms with Gasteiger partial charge in [0, 0.05) is 18.7 Å². The van der Waals surface area contributed by atoms with E-state index in [0.717, 1.165) is 54.7 Å². The number of aryl methyl sites for hydroxylation is 4. The first-order valence-corrected chi connectivity index (χ1v) is 8.70. The quantitative estimate of drug-likeness (QED) is 0.786. The van der Waals surface area contributed by atoms with E-state index in [1.165, 1.54) is 0 Å². The van der Waals surface area contributed by atoms with E-state index in [1.54, 1.807) is 12.4 Å². The van der Waals surface area contributed by atoms with Gasteiger partial charge in [-0.3, -0.25) is 4.98 Å². The van der Waals surface area contributed by atoms with Crippen LogP contribution in [-0.4, -0.2) is 34.5 Å². The van der Waals surface area contributed by atoms with Crippen molar-refractivity contribution in [2.45, 2.75) is 52.6 Å². The summed E-state index contributed by atoms with van der Waals surface area (Å²) in [4.78, 5) is 13.7. The van der Waals surface area contributed by atoms with Gasteiger partial charge in [-0.25, -0.2) is 19.3 Å². The number of nitrogens with zero attached hydrogens (tertiary/aromatic N) is 7. The first kappa shape index (κ1) is 15.7. The first-order chi connectivity index (χ1) is 12.1. The molecule has 1 aliphatic heterocycles. The monoisotopic (exact) mass is 338 g/mol. The van der Waals surface area contributed by atoms with Crippen molar-refractivity contribution in [3.8, 4) is 5.82 Å². The van der Waals surface area contributed by atoms with Gasteiger partial charge in [0.05, 0.1) is 24.1 Å². The Labute approximate surface area is 146 Å². The molecule has 0 radical (unpaired) electrons. The second kappa shape index (κ2) is 6.27. The van der Waals surface area contributed by atoms with Crippen LogP contribution in [0.1, 0.15) is 48.8 Å². The molecule has 0 saturated carbocycles. The van der Waals surface area contributed by atoms with Gasteiger partial charge in [-0.15, -0.1) is 0 Å². The van der Waals surface area contributed by atoms with Gasteiger partial charge in [-0.05, 0) is 32.8 Å². The summed E-state index contributed by atoms with van der Waals surface area (Å²) in [7, 11) is 0. The molecule has 25 heavy (non-hydrogen) atoms. The minimum absolute atomic E-state index is 0.103. The molecule has 3 aromatic rings. The summed E-state index contributed by atoms with van der Waals surface area (Å²) < 4.78 is 3.82. The van der Waals surface area contributed by atoms with E-state index in [1.807, 2.05) is 29.3 Å². The standard InChI is InChI=1S/C17H22N8/c1-4-14-21-17-13(6-5-7-24(17)23-14)19-15-9-18-10-16(20-15)25-12(3)8-11(2)22-25/h8-10,13H,4-7H2,1-3H3,(H,19,20). The van der Waals surface area contributed by atoms with Crippen molar-refractivity contribution in [1.29, 1.82) is 0 Å². The van der Waals surface area contributed by atoms with E-state index >= 15 is 0 Å². The predicted octanol–water partition coefficient (Wildman–Crippen LogP) is 2.38. The molecule has 4 rings (SSSR count). The highest BCUT2D eigenvalue weighted by molar-refractivity contribution is 5.38. The number of nitrogens with one attached hydrogen (secondary N) is 1. The molecule has 0 spiro atoms. The Morgan fingerprint density at radius 3 is 2.84 bits per heavy atom. The Hall–Kier alpha value is -2.77. The lowest BCUT2D eigenvalue weighted by Gasteiger charge is -2.23. The zero-order valence-electron chi connectivity index (χ0n) is 14.8. The minimum Gasteiger partial charge on any atom is -0.359 e. The van der Waals surface area contributed by atoms with Crippen molar-refractivity contribution in [3.63, 3.8) is 0 Å². The van der Waals surface area contributed by atoms with Gasteiger partial charge in [0.25, 0.3) is 0 Å². The maximum absolute atomic E-state index is 4.68. The molecule has 3 aromatic heterocycles. The van der Waals surface area contributed by atoms with Gasteiger partial charge in [0.15, 0.2) is 11.6 Å². The first-order valence-electron chi connectivity index (χ1n) is 8.70. The van der Waals surface area contributed by atoms with Crippen LogP contribution in [0.2, 0.25) is 0 Å². The van der Waals surface area contributed by atoms with Crippen LogP contribution in [0.5, 0.6) is 0 Å². The fourth-order valence-electron chi connectivity index (χ4n) is 3.25. The Kier molecular flexibility index (Phi) is 3.95. The Morgan fingerprint density at radius 1 is 1.20 bits per heavy atom. The molecule has 8 nitrogen and oxygen atoms in total. The summed E-state index contributed by atoms with van der Waals surface area (Å²) in [5.41, 5.74) is 2.00. The molecule has 1 N–H and O–H groups in total. The minimum atomic E-state index is 0.103. The van der Waals surface area contributed by atoms with Crippen molar-refractivity contribution in [2.75, 3.05) is 5.32 Å². The van der Waals surface area contributed by atoms with Gasteiger partial charge >= 0.3 is 0 Å². The lowest BCUT2D eigenvalue weighted by atomic mass is 10.1. The smallest absolute Gasteiger partial charge is 0.174 e. The van der Waals surface area contributed by atoms with Crippen molar-refractivity contribution >= 4 is 5.82 Å². The molecule has 4 heterocycles. The molecular weight excluding hydrogens is 316 g/mol. The topological polar surface area (TPSA) is 86.3 Å². The molecule has 1 atom stereocenters. The van der Waals surface area contributed by atoms with Gasteiger partial charge < -0.3 is 5.32 Å². The third-order valence-corrected chi connectivity index (χ3v) is 4.41. The lowest BCUT2D eigenvalue weighted by molar-refractivity contribution is 0.436. The zero-order valence-corrected chi connectivity index (χ0v) is 14.8. The summed E-state index contributed by atoms with van der Waals surface area (Å²) in [6, 6.07) is 2.13. The summed E-state index contributed by atoms with van der Waals surface area (Å²) in [6.45, 7) is 6.99. The van der Waals surface area contributed by atoms with Crippen LogP contribution in [0, 0.1) is 13.8 Å². The van der Waals surface area contributed by atoms with Crippen LogP contribution in [0.25, 0.3) is 5.82 Å². The molecule has 0 fully saturated rings. The maximum atomic E-state index is 4.68. The Bertz CT molecular complexity index is 894. The highest BCUT2D eigenvalue weighted by Crippen LogP contribution is 2.26. The van der Waals surface area contributed by atoms with Crippen molar-refractivity contribution in [2.24, 2.45) is 0 Å². The van der Waals surface area contributed by atoms with E-state index in [9.17, 15) is 0 Å². The van der Waals surface area contributed by atoms with Crippen LogP contribution >= 0.6 is 0 Å². The van der Waals surface area contributed by atoms with Gasteiger partial charge in [0.2, 0.25) is 0 Å². The third-order valence-electron chi connectivity index (χ3n) is 4.41. The highest BCUT2D eigenvalue weighted by atomic mass is 15.4. The summed E-state index contributed by atoms with van der Waals surface area (Å²) in [5.74, 6) is 3.32. The van der Waals surface area contributed by atoms with Crippen molar-refractivity contribution < 1.29 is 0 Å². The molecule has 0 saturated heterocycles. The molecule has 0 aliphatic carbocycles. The van der Waals surface area contributed by atoms with E-state index in [4.69, 9.17) is 0 Å². The largest absolute Gasteiger partial charge is 0.359 e. The van der Waals surface area contributed by atoms with Crippen LogP contribution in [0.4, 0.5) is 5.82 Å². The maximum Gasteiger partial charge on any atom is 0.174 e. The average molecular weight is 338 g/mol. The van der Waals surface area contributed by atoms with Crippen LogP contribution in [-0.2, 0) is 13.0 Å². The second-order valence-electron chi connectivity index (χ2n) is 6.40. The molecule has 0 amide bonds. The number of hydrogen-bond donors (Lipinski definition) is 1. The molecule has 0 aromatic carbocycles. The summed E-state index contributed by atoms with van der Waals surface area (Å²) in [6.07, 6.45) is 6.39. The second-order valence-corrected chi connectivity index (χ2v) is 6.40. The van der Waals surface area contributed by atoms with Crippen molar-refractivity contribution in [1.82, 2.24) is 34.5 Å². The van der Waals surface area contributed by atoms with E-state index < -0.39 is 0 Å². The number of anilines is 1. The van der Waals surface area contributed by atoms with Gasteiger partial charge in [-0.1, -0.05) is 6.92 Å². The molecule has 1 aliphatic rings. The predicted molar refractivity (Wildman–Crippen MR) is 93.6 cm³/mol. The Morgan fingerprint density at radius 2 is 2.08 bits per heavy atom. The Balaban J connectivity index is 1.61.